The molecule has 82 valence electrons. The Bertz CT molecular complexity index is 206. The Hall–Kier alpha value is -1.10. The van der Waals surface area contributed by atoms with Crippen molar-refractivity contribution in [1.82, 2.24) is 5.32 Å². The van der Waals surface area contributed by atoms with Crippen molar-refractivity contribution in [2.75, 3.05) is 13.7 Å². The van der Waals surface area contributed by atoms with E-state index >= 15 is 0 Å². The molecule has 0 aromatic carbocycles. The molecule has 5 nitrogen and oxygen atoms in total. The monoisotopic (exact) mass is 202 g/mol. The standard InChI is InChI=1S/C9H18N2O3/c1-6(5-10)4-8(12)11-7(2)9(13)14-3/h6-7H,4-5,10H2,1-3H3,(H,11,12). The van der Waals surface area contributed by atoms with Crippen LogP contribution < -0.4 is 11.1 Å². The Morgan fingerprint density at radius 2 is 2.00 bits per heavy atom. The van der Waals surface area contributed by atoms with Gasteiger partial charge in [0.1, 0.15) is 6.04 Å². The molecule has 3 N–H and O–H groups in total. The summed E-state index contributed by atoms with van der Waals surface area (Å²) >= 11 is 0. The molecule has 5 heteroatoms. The SMILES string of the molecule is COC(=O)C(C)NC(=O)CC(C)CN. The van der Waals surface area contributed by atoms with Crippen LogP contribution in [-0.4, -0.2) is 31.6 Å². The molecule has 0 saturated heterocycles. The highest BCUT2D eigenvalue weighted by molar-refractivity contribution is 5.84. The number of carbonyl (C=O) groups is 2. The van der Waals surface area contributed by atoms with Gasteiger partial charge in [-0.2, -0.15) is 0 Å². The van der Waals surface area contributed by atoms with Crippen molar-refractivity contribution < 1.29 is 14.3 Å². The Morgan fingerprint density at radius 3 is 2.43 bits per heavy atom. The number of methoxy groups -OCH3 is 1. The number of amides is 1. The number of nitrogens with one attached hydrogen (secondary N) is 1. The second-order valence-electron chi connectivity index (χ2n) is 3.36. The van der Waals surface area contributed by atoms with Crippen molar-refractivity contribution in [3.63, 3.8) is 0 Å². The first kappa shape index (κ1) is 12.9. The largest absolute Gasteiger partial charge is 0.467 e. The Labute approximate surface area is 84.0 Å². The number of hydrogen-bond acceptors (Lipinski definition) is 4. The minimum absolute atomic E-state index is 0.125. The molecule has 1 amide bonds. The lowest BCUT2D eigenvalue weighted by molar-refractivity contribution is -0.144. The summed E-state index contributed by atoms with van der Waals surface area (Å²) in [5.74, 6) is -0.501. The maximum Gasteiger partial charge on any atom is 0.328 e. The van der Waals surface area contributed by atoms with E-state index in [4.69, 9.17) is 5.73 Å². The number of hydrogen-bond donors (Lipinski definition) is 2. The second-order valence-corrected chi connectivity index (χ2v) is 3.36. The summed E-state index contributed by atoms with van der Waals surface area (Å²) in [6.45, 7) is 3.92. The van der Waals surface area contributed by atoms with E-state index in [0.29, 0.717) is 13.0 Å². The Balaban J connectivity index is 3.88. The molecule has 0 aliphatic rings. The van der Waals surface area contributed by atoms with Crippen molar-refractivity contribution in [2.24, 2.45) is 11.7 Å². The first-order chi connectivity index (χ1) is 6.51. The highest BCUT2D eigenvalue weighted by Crippen LogP contribution is 1.99. The van der Waals surface area contributed by atoms with Crippen LogP contribution in [-0.2, 0) is 14.3 Å². The molecule has 2 atom stereocenters. The second kappa shape index (κ2) is 6.37. The third-order valence-corrected chi connectivity index (χ3v) is 1.87. The Kier molecular flexibility index (Phi) is 5.87. The van der Waals surface area contributed by atoms with Crippen LogP contribution >= 0.6 is 0 Å². The summed E-state index contributed by atoms with van der Waals surface area (Å²) in [5, 5.41) is 2.53. The number of ether oxygens (including phenoxy) is 1. The fraction of sp³-hybridized carbons (Fsp3) is 0.778. The predicted molar refractivity (Wildman–Crippen MR) is 52.5 cm³/mol. The summed E-state index contributed by atoms with van der Waals surface area (Å²) < 4.78 is 4.47. The van der Waals surface area contributed by atoms with Crippen LogP contribution in [0.5, 0.6) is 0 Å². The molecular formula is C9H18N2O3. The van der Waals surface area contributed by atoms with Gasteiger partial charge in [-0.05, 0) is 19.4 Å². The van der Waals surface area contributed by atoms with Gasteiger partial charge in [-0.25, -0.2) is 4.79 Å². The zero-order chi connectivity index (χ0) is 11.1. The fourth-order valence-corrected chi connectivity index (χ4v) is 0.936. The quantitative estimate of drug-likeness (QED) is 0.597. The van der Waals surface area contributed by atoms with Gasteiger partial charge in [-0.1, -0.05) is 6.92 Å². The van der Waals surface area contributed by atoms with Gasteiger partial charge >= 0.3 is 5.97 Å². The van der Waals surface area contributed by atoms with E-state index in [1.165, 1.54) is 7.11 Å². The van der Waals surface area contributed by atoms with Crippen LogP contribution in [0, 0.1) is 5.92 Å². The van der Waals surface area contributed by atoms with Gasteiger partial charge < -0.3 is 15.8 Å². The minimum atomic E-state index is -0.600. The lowest BCUT2D eigenvalue weighted by Gasteiger charge is -2.13. The van der Waals surface area contributed by atoms with E-state index < -0.39 is 12.0 Å². The summed E-state index contributed by atoms with van der Waals surface area (Å²) in [7, 11) is 1.29. The van der Waals surface area contributed by atoms with Crippen LogP contribution in [0.3, 0.4) is 0 Å². The molecule has 0 rings (SSSR count). The zero-order valence-electron chi connectivity index (χ0n) is 8.87. The van der Waals surface area contributed by atoms with Gasteiger partial charge in [-0.15, -0.1) is 0 Å². The topological polar surface area (TPSA) is 81.4 Å². The van der Waals surface area contributed by atoms with Crippen molar-refractivity contribution in [3.05, 3.63) is 0 Å². The third kappa shape index (κ3) is 4.81. The predicted octanol–water partition coefficient (Wildman–Crippen LogP) is -0.351. The molecule has 0 aromatic rings. The smallest absolute Gasteiger partial charge is 0.328 e. The van der Waals surface area contributed by atoms with Crippen LogP contribution in [0.25, 0.3) is 0 Å². The number of esters is 1. The van der Waals surface area contributed by atoms with E-state index in [-0.39, 0.29) is 11.8 Å². The zero-order valence-corrected chi connectivity index (χ0v) is 8.87. The molecule has 0 fully saturated rings. The van der Waals surface area contributed by atoms with E-state index in [1.807, 2.05) is 6.92 Å². The van der Waals surface area contributed by atoms with Gasteiger partial charge in [0.25, 0.3) is 0 Å². The molecule has 14 heavy (non-hydrogen) atoms. The van der Waals surface area contributed by atoms with E-state index in [2.05, 4.69) is 10.1 Å². The average molecular weight is 202 g/mol. The van der Waals surface area contributed by atoms with Gasteiger partial charge in [-0.3, -0.25) is 4.79 Å². The first-order valence-electron chi connectivity index (χ1n) is 4.58. The summed E-state index contributed by atoms with van der Waals surface area (Å²) in [6.07, 6.45) is 0.331. The van der Waals surface area contributed by atoms with E-state index in [1.54, 1.807) is 6.92 Å². The third-order valence-electron chi connectivity index (χ3n) is 1.87. The van der Waals surface area contributed by atoms with E-state index in [9.17, 15) is 9.59 Å². The average Bonchev–Trinajstić information content (AvgIpc) is 2.15. The maximum absolute atomic E-state index is 11.3. The van der Waals surface area contributed by atoms with Crippen LogP contribution in [0.1, 0.15) is 20.3 Å². The van der Waals surface area contributed by atoms with Crippen molar-refractivity contribution >= 4 is 11.9 Å². The van der Waals surface area contributed by atoms with Crippen LogP contribution in [0.4, 0.5) is 0 Å². The lowest BCUT2D eigenvalue weighted by Crippen LogP contribution is -2.40. The number of carbonyl (C=O) groups excluding carboxylic acids is 2. The van der Waals surface area contributed by atoms with Crippen molar-refractivity contribution in [2.45, 2.75) is 26.3 Å². The molecule has 0 heterocycles. The lowest BCUT2D eigenvalue weighted by atomic mass is 10.1. The van der Waals surface area contributed by atoms with Gasteiger partial charge in [0.15, 0.2) is 0 Å². The summed E-state index contributed by atoms with van der Waals surface area (Å²) in [6, 6.07) is -0.600. The molecule has 0 radical (unpaired) electrons. The molecule has 0 saturated carbocycles. The molecule has 0 bridgehead atoms. The maximum atomic E-state index is 11.3. The summed E-state index contributed by atoms with van der Waals surface area (Å²) in [5.41, 5.74) is 5.37. The van der Waals surface area contributed by atoms with Crippen molar-refractivity contribution in [1.29, 1.82) is 0 Å². The summed E-state index contributed by atoms with van der Waals surface area (Å²) in [4.78, 5) is 22.2. The number of nitrogens with two attached hydrogens (primary N) is 1. The van der Waals surface area contributed by atoms with Crippen LogP contribution in [0.15, 0.2) is 0 Å². The molecule has 0 aliphatic carbocycles. The molecule has 2 unspecified atom stereocenters. The van der Waals surface area contributed by atoms with Crippen molar-refractivity contribution in [3.8, 4) is 0 Å². The van der Waals surface area contributed by atoms with Gasteiger partial charge in [0.2, 0.25) is 5.91 Å². The number of rotatable bonds is 5. The van der Waals surface area contributed by atoms with E-state index in [0.717, 1.165) is 0 Å². The fourth-order valence-electron chi connectivity index (χ4n) is 0.936. The molecule has 0 spiro atoms. The Morgan fingerprint density at radius 1 is 1.43 bits per heavy atom. The molecule has 0 aliphatic heterocycles. The van der Waals surface area contributed by atoms with Gasteiger partial charge in [0, 0.05) is 6.42 Å². The highest BCUT2D eigenvalue weighted by Gasteiger charge is 2.16. The highest BCUT2D eigenvalue weighted by atomic mass is 16.5. The normalized spacial score (nSPS) is 14.3. The molecule has 0 aromatic heterocycles. The first-order valence-corrected chi connectivity index (χ1v) is 4.58. The minimum Gasteiger partial charge on any atom is -0.467 e. The van der Waals surface area contributed by atoms with Crippen LogP contribution in [0.2, 0.25) is 0 Å². The van der Waals surface area contributed by atoms with Gasteiger partial charge in [0.05, 0.1) is 7.11 Å². The molecular weight excluding hydrogens is 184 g/mol.